The predicted octanol–water partition coefficient (Wildman–Crippen LogP) is 5.47. The number of allylic oxidation sites excluding steroid dienone is 3. The number of esters is 1. The van der Waals surface area contributed by atoms with Crippen LogP contribution in [0.3, 0.4) is 0 Å². The van der Waals surface area contributed by atoms with Crippen LogP contribution < -0.4 is 10.6 Å². The highest BCUT2D eigenvalue weighted by atomic mass is 32.1. The van der Waals surface area contributed by atoms with Crippen molar-refractivity contribution < 1.29 is 37.4 Å². The second-order valence-corrected chi connectivity index (χ2v) is 11.6. The number of hydrogen-bond acceptors (Lipinski definition) is 9. The van der Waals surface area contributed by atoms with Crippen molar-refractivity contribution in [3.63, 3.8) is 0 Å². The maximum Gasteiger partial charge on any atom is 0.417 e. The number of thiophene rings is 1. The number of carbonyl (C=O) groups is 3. The van der Waals surface area contributed by atoms with Crippen LogP contribution in [0.4, 0.5) is 19.0 Å². The molecule has 9 nitrogen and oxygen atoms in total. The smallest absolute Gasteiger partial charge is 0.417 e. The number of fused-ring (bicyclic) bond motifs is 1. The quantitative estimate of drug-likeness (QED) is 0.197. The molecule has 1 unspecified atom stereocenters. The molecule has 0 bridgehead atoms. The van der Waals surface area contributed by atoms with Crippen molar-refractivity contribution in [1.82, 2.24) is 15.3 Å². The van der Waals surface area contributed by atoms with Gasteiger partial charge in [0.2, 0.25) is 5.91 Å². The largest absolute Gasteiger partial charge is 0.465 e. The molecule has 13 heteroatoms. The van der Waals surface area contributed by atoms with Crippen LogP contribution in [0.2, 0.25) is 0 Å². The predicted molar refractivity (Wildman–Crippen MR) is 149 cm³/mol. The number of nitrogens with one attached hydrogen (secondary N) is 2. The lowest BCUT2D eigenvalue weighted by atomic mass is 9.67. The van der Waals surface area contributed by atoms with Crippen molar-refractivity contribution in [3.05, 3.63) is 40.2 Å². The molecule has 1 aliphatic rings. The van der Waals surface area contributed by atoms with Crippen LogP contribution >= 0.6 is 11.3 Å². The van der Waals surface area contributed by atoms with Crippen molar-refractivity contribution in [2.24, 2.45) is 5.92 Å². The highest BCUT2D eigenvalue weighted by molar-refractivity contribution is 7.20. The zero-order chi connectivity index (χ0) is 30.8. The van der Waals surface area contributed by atoms with E-state index in [1.54, 1.807) is 19.9 Å². The van der Waals surface area contributed by atoms with Gasteiger partial charge in [-0.2, -0.15) is 13.2 Å². The molecule has 0 saturated heterocycles. The van der Waals surface area contributed by atoms with Gasteiger partial charge in [0.1, 0.15) is 21.9 Å². The van der Waals surface area contributed by atoms with Gasteiger partial charge >= 0.3 is 12.1 Å². The maximum atomic E-state index is 13.4. The van der Waals surface area contributed by atoms with Gasteiger partial charge in [-0.15, -0.1) is 11.3 Å². The molecule has 1 aliphatic carbocycles. The highest BCUT2D eigenvalue weighted by Gasteiger charge is 2.58. The molecular weight excluding hydrogens is 561 g/mol. The lowest BCUT2D eigenvalue weighted by molar-refractivity contribution is -0.274. The third-order valence-corrected chi connectivity index (χ3v) is 9.08. The number of ether oxygens (including phenoxy) is 1. The minimum absolute atomic E-state index is 0.0237. The number of hydrogen-bond donors (Lipinski definition) is 3. The number of ketones is 1. The molecule has 3 N–H and O–H groups in total. The van der Waals surface area contributed by atoms with Crippen LogP contribution in [0.5, 0.6) is 0 Å². The molecule has 1 amide bonds. The van der Waals surface area contributed by atoms with E-state index >= 15 is 0 Å². The third kappa shape index (κ3) is 6.78. The summed E-state index contributed by atoms with van der Waals surface area (Å²) < 4.78 is 45.0. The number of aliphatic hydroxyl groups is 1. The molecule has 0 spiro atoms. The summed E-state index contributed by atoms with van der Waals surface area (Å²) in [4.78, 5) is 47.0. The molecule has 2 aromatic rings. The first-order valence-electron chi connectivity index (χ1n) is 13.2. The highest BCUT2D eigenvalue weighted by Crippen LogP contribution is 2.47. The monoisotopic (exact) mass is 596 g/mol. The summed E-state index contributed by atoms with van der Waals surface area (Å²) in [6.07, 6.45) is -2.39. The lowest BCUT2D eigenvalue weighted by Crippen LogP contribution is -2.60. The summed E-state index contributed by atoms with van der Waals surface area (Å²) in [6.45, 7) is 8.34. The molecule has 2 heterocycles. The normalized spacial score (nSPS) is 23.0. The molecule has 2 aromatic heterocycles. The van der Waals surface area contributed by atoms with Gasteiger partial charge in [0, 0.05) is 18.0 Å². The van der Waals surface area contributed by atoms with E-state index in [2.05, 4.69) is 20.6 Å². The number of Topliss-reactive ketones (excluding diaryl/α,β-unsaturated/α-hetero) is 1. The van der Waals surface area contributed by atoms with E-state index in [-0.39, 0.29) is 41.6 Å². The summed E-state index contributed by atoms with van der Waals surface area (Å²) in [5.41, 5.74) is -2.83. The Balaban J connectivity index is 1.88. The minimum atomic E-state index is -4.74. The van der Waals surface area contributed by atoms with Crippen molar-refractivity contribution in [2.75, 3.05) is 12.4 Å². The van der Waals surface area contributed by atoms with Gasteiger partial charge in [0.25, 0.3) is 0 Å². The number of methoxy groups -OCH3 is 1. The number of aromatic nitrogens is 2. The van der Waals surface area contributed by atoms with Crippen molar-refractivity contribution in [3.8, 4) is 0 Å². The van der Waals surface area contributed by atoms with Crippen LogP contribution in [0.1, 0.15) is 76.4 Å². The van der Waals surface area contributed by atoms with Crippen LogP contribution in [-0.4, -0.2) is 57.2 Å². The van der Waals surface area contributed by atoms with Crippen molar-refractivity contribution in [1.29, 1.82) is 0 Å². The number of halogens is 3. The average Bonchev–Trinajstić information content (AvgIpc) is 3.37. The molecule has 0 aliphatic heterocycles. The first-order chi connectivity index (χ1) is 19.1. The number of carbonyl (C=O) groups excluding carboxylic acids is 3. The molecule has 0 radical (unpaired) electrons. The third-order valence-electron chi connectivity index (χ3n) is 8.06. The molecule has 1 atom stereocenters. The van der Waals surface area contributed by atoms with Crippen LogP contribution in [0.25, 0.3) is 10.2 Å². The van der Waals surface area contributed by atoms with Gasteiger partial charge in [-0.05, 0) is 63.2 Å². The standard InChI is InChI=1S/C28H35F3N4O5S/c1-7-16(3)26(8-10-27(39,11-9-26)28(29,30)31)35-23(37)17(4)15(2)12-20(18(5)36)34-22-19-13-21(25(38)40-6)41-24(19)33-14-32-22/h12-14,16,39H,7-11H2,1-6H3,(H,35,37)(H,32,33,34)/b17-15+,20-12+. The average molecular weight is 597 g/mol. The van der Waals surface area contributed by atoms with E-state index < -0.39 is 42.0 Å². The van der Waals surface area contributed by atoms with Gasteiger partial charge in [0.15, 0.2) is 11.4 Å². The zero-order valence-corrected chi connectivity index (χ0v) is 24.7. The molecule has 0 aromatic carbocycles. The molecule has 1 fully saturated rings. The van der Waals surface area contributed by atoms with E-state index in [1.165, 1.54) is 26.4 Å². The molecular formula is C28H35F3N4O5S. The van der Waals surface area contributed by atoms with Gasteiger partial charge in [-0.3, -0.25) is 9.59 Å². The molecule has 41 heavy (non-hydrogen) atoms. The zero-order valence-electron chi connectivity index (χ0n) is 23.9. The first-order valence-corrected chi connectivity index (χ1v) is 14.0. The van der Waals surface area contributed by atoms with Crippen LogP contribution in [0.15, 0.2) is 35.3 Å². The van der Waals surface area contributed by atoms with E-state index in [0.29, 0.717) is 27.1 Å². The molecule has 3 rings (SSSR count). The number of nitrogens with zero attached hydrogens (tertiary/aromatic N) is 2. The van der Waals surface area contributed by atoms with Crippen LogP contribution in [0, 0.1) is 5.92 Å². The molecule has 1 saturated carbocycles. The Hall–Kier alpha value is -3.32. The SMILES string of the molecule is CCC(C)C1(NC(=O)/C(C)=C(C)/C=C(/Nc2ncnc3sc(C(=O)OC)cc23)C(C)=O)CCC(O)(C(F)(F)F)CC1. The van der Waals surface area contributed by atoms with E-state index in [0.717, 1.165) is 11.3 Å². The minimum Gasteiger partial charge on any atom is -0.465 e. The van der Waals surface area contributed by atoms with Gasteiger partial charge in [-0.25, -0.2) is 14.8 Å². The fourth-order valence-corrected chi connectivity index (χ4v) is 5.78. The number of alkyl halides is 3. The topological polar surface area (TPSA) is 131 Å². The summed E-state index contributed by atoms with van der Waals surface area (Å²) in [6, 6.07) is 1.56. The maximum absolute atomic E-state index is 13.4. The fourth-order valence-electron chi connectivity index (χ4n) is 4.86. The summed E-state index contributed by atoms with van der Waals surface area (Å²) in [5.74, 6) is -1.19. The number of rotatable bonds is 9. The Morgan fingerprint density at radius 1 is 1.17 bits per heavy atom. The summed E-state index contributed by atoms with van der Waals surface area (Å²) >= 11 is 1.11. The van der Waals surface area contributed by atoms with Crippen LogP contribution in [-0.2, 0) is 14.3 Å². The Kier molecular flexibility index (Phi) is 9.64. The molecule has 224 valence electrons. The Labute approximate surface area is 240 Å². The summed E-state index contributed by atoms with van der Waals surface area (Å²) in [5, 5.41) is 16.6. The fraction of sp³-hybridized carbons (Fsp3) is 0.536. The Morgan fingerprint density at radius 3 is 2.34 bits per heavy atom. The lowest BCUT2D eigenvalue weighted by Gasteiger charge is -2.48. The second-order valence-electron chi connectivity index (χ2n) is 10.5. The van der Waals surface area contributed by atoms with Gasteiger partial charge in [0.05, 0.1) is 18.2 Å². The van der Waals surface area contributed by atoms with Crippen molar-refractivity contribution in [2.45, 2.75) is 84.0 Å². The van der Waals surface area contributed by atoms with Gasteiger partial charge < -0.3 is 20.5 Å². The first kappa shape index (κ1) is 32.2. The van der Waals surface area contributed by atoms with Gasteiger partial charge in [-0.1, -0.05) is 20.3 Å². The second kappa shape index (κ2) is 12.3. The summed E-state index contributed by atoms with van der Waals surface area (Å²) in [7, 11) is 1.27. The number of amides is 1. The Morgan fingerprint density at radius 2 is 1.80 bits per heavy atom. The number of anilines is 1. The Bertz CT molecular complexity index is 1390. The van der Waals surface area contributed by atoms with E-state index in [1.807, 2.05) is 13.8 Å². The van der Waals surface area contributed by atoms with Crippen molar-refractivity contribution >= 4 is 45.0 Å². The van der Waals surface area contributed by atoms with E-state index in [9.17, 15) is 32.7 Å². The van der Waals surface area contributed by atoms with E-state index in [4.69, 9.17) is 4.74 Å².